The summed E-state index contributed by atoms with van der Waals surface area (Å²) in [5.41, 5.74) is 1.26. The van der Waals surface area contributed by atoms with Crippen LogP contribution in [0.3, 0.4) is 0 Å². The van der Waals surface area contributed by atoms with Crippen LogP contribution in [0, 0.1) is 5.92 Å². The third kappa shape index (κ3) is 4.49. The average molecular weight is 207 g/mol. The Labute approximate surface area is 90.1 Å². The van der Waals surface area contributed by atoms with Gasteiger partial charge in [-0.25, -0.2) is 4.79 Å². The van der Waals surface area contributed by atoms with E-state index >= 15 is 0 Å². The Morgan fingerprint density at radius 3 is 2.60 bits per heavy atom. The predicted molar refractivity (Wildman–Crippen MR) is 60.0 cm³/mol. The Balaban J connectivity index is 2.43. The van der Waals surface area contributed by atoms with Crippen molar-refractivity contribution in [1.29, 1.82) is 0 Å². The summed E-state index contributed by atoms with van der Waals surface area (Å²) < 4.78 is 0. The van der Waals surface area contributed by atoms with E-state index in [2.05, 4.69) is 24.4 Å². The van der Waals surface area contributed by atoms with Crippen LogP contribution in [0.2, 0.25) is 0 Å². The predicted octanol–water partition coefficient (Wildman–Crippen LogP) is 2.52. The summed E-state index contributed by atoms with van der Waals surface area (Å²) in [5.74, 6) is 0.378. The third-order valence-electron chi connectivity index (χ3n) is 2.49. The molecule has 0 unspecified atom stereocenters. The van der Waals surface area contributed by atoms with E-state index in [9.17, 15) is 4.79 Å². The number of hydrogen-bond acceptors (Lipinski definition) is 1. The third-order valence-corrected chi connectivity index (χ3v) is 2.49. The molecule has 3 heteroatoms. The minimum absolute atomic E-state index is 0.378. The largest absolute Gasteiger partial charge is 0.465 e. The van der Waals surface area contributed by atoms with Gasteiger partial charge in [-0.1, -0.05) is 43.7 Å². The molecule has 1 atom stereocenters. The maximum absolute atomic E-state index is 10.4. The lowest BCUT2D eigenvalue weighted by molar-refractivity contribution is 0.192. The van der Waals surface area contributed by atoms with Gasteiger partial charge in [0.05, 0.1) is 0 Å². The number of nitrogens with one attached hydrogen (secondary N) is 1. The van der Waals surface area contributed by atoms with Crippen LogP contribution in [-0.2, 0) is 6.42 Å². The van der Waals surface area contributed by atoms with Gasteiger partial charge in [-0.3, -0.25) is 0 Å². The molecule has 1 amide bonds. The van der Waals surface area contributed by atoms with Gasteiger partial charge in [-0.05, 0) is 17.9 Å². The monoisotopic (exact) mass is 207 g/mol. The summed E-state index contributed by atoms with van der Waals surface area (Å²) in [6, 6.07) is 10.1. The van der Waals surface area contributed by atoms with Crippen molar-refractivity contribution in [3.63, 3.8) is 0 Å². The van der Waals surface area contributed by atoms with E-state index < -0.39 is 6.09 Å². The van der Waals surface area contributed by atoms with Crippen LogP contribution >= 0.6 is 0 Å². The van der Waals surface area contributed by atoms with Crippen LogP contribution in [-0.4, -0.2) is 17.7 Å². The van der Waals surface area contributed by atoms with E-state index in [0.29, 0.717) is 12.5 Å². The number of benzene rings is 1. The molecule has 82 valence electrons. The second kappa shape index (κ2) is 6.06. The number of hydrogen-bond donors (Lipinski definition) is 2. The van der Waals surface area contributed by atoms with E-state index in [1.165, 1.54) is 5.56 Å². The normalized spacial score (nSPS) is 12.1. The molecular formula is C12H17NO2. The molecule has 3 nitrogen and oxygen atoms in total. The van der Waals surface area contributed by atoms with Crippen molar-refractivity contribution in [3.05, 3.63) is 35.9 Å². The molecule has 0 saturated heterocycles. The van der Waals surface area contributed by atoms with Crippen molar-refractivity contribution < 1.29 is 9.90 Å². The summed E-state index contributed by atoms with van der Waals surface area (Å²) >= 11 is 0. The molecule has 1 aromatic carbocycles. The zero-order valence-electron chi connectivity index (χ0n) is 8.94. The molecule has 0 aliphatic heterocycles. The Kier molecular flexibility index (Phi) is 4.68. The Hall–Kier alpha value is -1.51. The fraction of sp³-hybridized carbons (Fsp3) is 0.417. The number of amides is 1. The maximum atomic E-state index is 10.4. The molecule has 0 aromatic heterocycles. The molecule has 0 radical (unpaired) electrons. The van der Waals surface area contributed by atoms with Gasteiger partial charge in [0, 0.05) is 6.54 Å². The zero-order valence-corrected chi connectivity index (χ0v) is 8.94. The molecular weight excluding hydrogens is 190 g/mol. The molecule has 0 aliphatic rings. The second-order valence-electron chi connectivity index (χ2n) is 3.65. The lowest BCUT2D eigenvalue weighted by Gasteiger charge is -2.14. The molecule has 1 aromatic rings. The van der Waals surface area contributed by atoms with Crippen LogP contribution < -0.4 is 5.32 Å². The smallest absolute Gasteiger partial charge is 0.404 e. The van der Waals surface area contributed by atoms with E-state index in [0.717, 1.165) is 12.8 Å². The molecule has 0 fully saturated rings. The zero-order chi connectivity index (χ0) is 11.1. The quantitative estimate of drug-likeness (QED) is 0.779. The van der Waals surface area contributed by atoms with E-state index in [1.54, 1.807) is 0 Å². The van der Waals surface area contributed by atoms with Crippen LogP contribution in [0.15, 0.2) is 30.3 Å². The number of carboxylic acid groups (broad SMARTS) is 1. The first-order valence-electron chi connectivity index (χ1n) is 5.23. The summed E-state index contributed by atoms with van der Waals surface area (Å²) in [4.78, 5) is 10.4. The highest BCUT2D eigenvalue weighted by Gasteiger charge is 2.08. The highest BCUT2D eigenvalue weighted by molar-refractivity contribution is 5.64. The average Bonchev–Trinajstić information content (AvgIpc) is 2.25. The molecule has 0 bridgehead atoms. The number of carbonyl (C=O) groups is 1. The fourth-order valence-electron chi connectivity index (χ4n) is 1.54. The van der Waals surface area contributed by atoms with Gasteiger partial charge in [0.25, 0.3) is 0 Å². The molecule has 0 aliphatic carbocycles. The Morgan fingerprint density at radius 2 is 2.07 bits per heavy atom. The second-order valence-corrected chi connectivity index (χ2v) is 3.65. The highest BCUT2D eigenvalue weighted by atomic mass is 16.4. The minimum Gasteiger partial charge on any atom is -0.465 e. The maximum Gasteiger partial charge on any atom is 0.404 e. The van der Waals surface area contributed by atoms with Crippen molar-refractivity contribution in [2.45, 2.75) is 19.8 Å². The molecule has 1 rings (SSSR count). The Bertz CT molecular complexity index is 298. The van der Waals surface area contributed by atoms with Crippen molar-refractivity contribution in [1.82, 2.24) is 5.32 Å². The van der Waals surface area contributed by atoms with Crippen molar-refractivity contribution >= 4 is 6.09 Å². The molecule has 15 heavy (non-hydrogen) atoms. The fourth-order valence-corrected chi connectivity index (χ4v) is 1.54. The first kappa shape index (κ1) is 11.6. The summed E-state index contributed by atoms with van der Waals surface area (Å²) in [6.07, 6.45) is 0.966. The SMILES string of the molecule is CC[C@H](CNC(=O)O)Cc1ccccc1. The topological polar surface area (TPSA) is 49.3 Å². The van der Waals surface area contributed by atoms with E-state index in [1.807, 2.05) is 18.2 Å². The lowest BCUT2D eigenvalue weighted by Crippen LogP contribution is -2.28. The van der Waals surface area contributed by atoms with Crippen LogP contribution in [0.5, 0.6) is 0 Å². The Morgan fingerprint density at radius 1 is 1.40 bits per heavy atom. The van der Waals surface area contributed by atoms with Gasteiger partial charge in [0.15, 0.2) is 0 Å². The van der Waals surface area contributed by atoms with Crippen LogP contribution in [0.25, 0.3) is 0 Å². The van der Waals surface area contributed by atoms with Crippen molar-refractivity contribution in [2.24, 2.45) is 5.92 Å². The molecule has 0 heterocycles. The highest BCUT2D eigenvalue weighted by Crippen LogP contribution is 2.10. The van der Waals surface area contributed by atoms with Gasteiger partial charge in [0.1, 0.15) is 0 Å². The van der Waals surface area contributed by atoms with Crippen molar-refractivity contribution in [3.8, 4) is 0 Å². The molecule has 0 saturated carbocycles. The summed E-state index contributed by atoms with van der Waals surface area (Å²) in [7, 11) is 0. The van der Waals surface area contributed by atoms with Crippen LogP contribution in [0.4, 0.5) is 4.79 Å². The number of rotatable bonds is 5. The standard InChI is InChI=1S/C12H17NO2/c1-2-10(9-13-12(14)15)8-11-6-4-3-5-7-11/h3-7,10,13H,2,8-9H2,1H3,(H,14,15)/t10-/m0/s1. The van der Waals surface area contributed by atoms with Crippen molar-refractivity contribution in [2.75, 3.05) is 6.54 Å². The van der Waals surface area contributed by atoms with Gasteiger partial charge < -0.3 is 10.4 Å². The minimum atomic E-state index is -0.943. The summed E-state index contributed by atoms with van der Waals surface area (Å²) in [6.45, 7) is 2.61. The summed E-state index contributed by atoms with van der Waals surface area (Å²) in [5, 5.41) is 10.9. The van der Waals surface area contributed by atoms with Gasteiger partial charge in [-0.15, -0.1) is 0 Å². The van der Waals surface area contributed by atoms with E-state index in [-0.39, 0.29) is 0 Å². The van der Waals surface area contributed by atoms with Gasteiger partial charge in [0.2, 0.25) is 0 Å². The van der Waals surface area contributed by atoms with Crippen LogP contribution in [0.1, 0.15) is 18.9 Å². The molecule has 0 spiro atoms. The van der Waals surface area contributed by atoms with Gasteiger partial charge in [-0.2, -0.15) is 0 Å². The van der Waals surface area contributed by atoms with E-state index in [4.69, 9.17) is 5.11 Å². The lowest BCUT2D eigenvalue weighted by atomic mass is 9.97. The molecule has 2 N–H and O–H groups in total. The van der Waals surface area contributed by atoms with Gasteiger partial charge >= 0.3 is 6.09 Å². The first-order chi connectivity index (χ1) is 7.22. The first-order valence-corrected chi connectivity index (χ1v) is 5.23.